The third kappa shape index (κ3) is 5.57. The minimum Gasteiger partial charge on any atom is -0.497 e. The van der Waals surface area contributed by atoms with Crippen LogP contribution in [0.2, 0.25) is 0 Å². The lowest BCUT2D eigenvalue weighted by molar-refractivity contribution is 0.0945. The Morgan fingerprint density at radius 3 is 2.41 bits per heavy atom. The summed E-state index contributed by atoms with van der Waals surface area (Å²) in [5.74, 6) is 0.505. The molecular weight excluding hydrogens is 458 g/mol. The van der Waals surface area contributed by atoms with E-state index in [1.54, 1.807) is 43.5 Å². The van der Waals surface area contributed by atoms with Crippen molar-refractivity contribution in [2.75, 3.05) is 46.4 Å². The van der Waals surface area contributed by atoms with Crippen molar-refractivity contribution in [2.24, 2.45) is 0 Å². The summed E-state index contributed by atoms with van der Waals surface area (Å²) < 4.78 is 33.0. The highest BCUT2D eigenvalue weighted by atomic mass is 79.9. The molecule has 2 aromatic rings. The molecule has 29 heavy (non-hydrogen) atoms. The summed E-state index contributed by atoms with van der Waals surface area (Å²) >= 11 is 3.36. The lowest BCUT2D eigenvalue weighted by Crippen LogP contribution is -2.50. The lowest BCUT2D eigenvalue weighted by atomic mass is 10.2. The van der Waals surface area contributed by atoms with E-state index in [4.69, 9.17) is 4.74 Å². The Labute approximate surface area is 179 Å². The Morgan fingerprint density at radius 2 is 1.79 bits per heavy atom. The number of nitrogens with one attached hydrogen (secondary N) is 1. The minimum absolute atomic E-state index is 0.119. The van der Waals surface area contributed by atoms with Crippen LogP contribution in [0.1, 0.15) is 10.4 Å². The number of methoxy groups -OCH3 is 1. The van der Waals surface area contributed by atoms with Gasteiger partial charge >= 0.3 is 0 Å². The molecule has 7 nitrogen and oxygen atoms in total. The Balaban J connectivity index is 1.47. The van der Waals surface area contributed by atoms with E-state index >= 15 is 0 Å². The van der Waals surface area contributed by atoms with Crippen molar-refractivity contribution in [3.8, 4) is 5.75 Å². The summed E-state index contributed by atoms with van der Waals surface area (Å²) in [6.45, 7) is 3.29. The Kier molecular flexibility index (Phi) is 7.28. The first-order valence-corrected chi connectivity index (χ1v) is 11.5. The van der Waals surface area contributed by atoms with E-state index in [9.17, 15) is 13.2 Å². The number of carbonyl (C=O) groups is 1. The summed E-state index contributed by atoms with van der Waals surface area (Å²) in [5, 5.41) is 2.91. The highest BCUT2D eigenvalue weighted by Gasteiger charge is 2.28. The van der Waals surface area contributed by atoms with Gasteiger partial charge in [0, 0.05) is 49.3 Å². The molecule has 3 rings (SSSR count). The zero-order valence-corrected chi connectivity index (χ0v) is 18.6. The lowest BCUT2D eigenvalue weighted by Gasteiger charge is -2.34. The first kappa shape index (κ1) is 21.8. The smallest absolute Gasteiger partial charge is 0.251 e. The standard InChI is InChI=1S/C20H24BrN3O4S/c1-28-18-5-7-19(8-6-18)29(26,27)24-13-11-23(12-14-24)10-9-22-20(25)16-3-2-4-17(21)15-16/h2-8,15H,9-14H2,1H3,(H,22,25). The predicted molar refractivity (Wildman–Crippen MR) is 115 cm³/mol. The van der Waals surface area contributed by atoms with E-state index in [2.05, 4.69) is 26.1 Å². The van der Waals surface area contributed by atoms with Crippen LogP contribution in [-0.4, -0.2) is 69.9 Å². The Bertz CT molecular complexity index is 942. The topological polar surface area (TPSA) is 79.0 Å². The molecule has 0 unspecified atom stereocenters. The van der Waals surface area contributed by atoms with Gasteiger partial charge in [0.1, 0.15) is 5.75 Å². The highest BCUT2D eigenvalue weighted by molar-refractivity contribution is 9.10. The Morgan fingerprint density at radius 1 is 1.10 bits per heavy atom. The van der Waals surface area contributed by atoms with Gasteiger partial charge in [-0.15, -0.1) is 0 Å². The summed E-state index contributed by atoms with van der Waals surface area (Å²) in [7, 11) is -1.96. The van der Waals surface area contributed by atoms with Crippen LogP contribution in [0, 0.1) is 0 Å². The second-order valence-corrected chi connectivity index (χ2v) is 9.54. The molecule has 0 aromatic heterocycles. The zero-order chi connectivity index (χ0) is 20.9. The first-order valence-electron chi connectivity index (χ1n) is 9.30. The molecule has 1 fully saturated rings. The molecule has 1 saturated heterocycles. The number of piperazine rings is 1. The number of nitrogens with zero attached hydrogens (tertiary/aromatic N) is 2. The Hall–Kier alpha value is -1.94. The van der Waals surface area contributed by atoms with Crippen LogP contribution in [0.5, 0.6) is 5.75 Å². The summed E-state index contributed by atoms with van der Waals surface area (Å²) in [6, 6.07) is 13.7. The molecule has 1 amide bonds. The van der Waals surface area contributed by atoms with Gasteiger partial charge in [-0.2, -0.15) is 4.31 Å². The summed E-state index contributed by atoms with van der Waals surface area (Å²) in [6.07, 6.45) is 0. The molecule has 1 aliphatic heterocycles. The van der Waals surface area contributed by atoms with E-state index in [1.165, 1.54) is 4.31 Å². The SMILES string of the molecule is COc1ccc(S(=O)(=O)N2CCN(CCNC(=O)c3cccc(Br)c3)CC2)cc1. The molecule has 2 aromatic carbocycles. The average molecular weight is 482 g/mol. The maximum absolute atomic E-state index is 12.8. The number of sulfonamides is 1. The van der Waals surface area contributed by atoms with Crippen LogP contribution >= 0.6 is 15.9 Å². The van der Waals surface area contributed by atoms with Crippen molar-refractivity contribution in [2.45, 2.75) is 4.90 Å². The largest absolute Gasteiger partial charge is 0.497 e. The van der Waals surface area contributed by atoms with Crippen LogP contribution in [0.25, 0.3) is 0 Å². The van der Waals surface area contributed by atoms with Gasteiger partial charge in [0.05, 0.1) is 12.0 Å². The van der Waals surface area contributed by atoms with Gasteiger partial charge in [-0.1, -0.05) is 22.0 Å². The molecule has 0 atom stereocenters. The number of ether oxygens (including phenoxy) is 1. The van der Waals surface area contributed by atoms with E-state index in [1.807, 2.05) is 12.1 Å². The molecule has 1 heterocycles. The van der Waals surface area contributed by atoms with Gasteiger partial charge in [-0.25, -0.2) is 8.42 Å². The highest BCUT2D eigenvalue weighted by Crippen LogP contribution is 2.20. The maximum Gasteiger partial charge on any atom is 0.251 e. The number of carbonyl (C=O) groups excluding carboxylic acids is 1. The maximum atomic E-state index is 12.8. The number of halogens is 1. The van der Waals surface area contributed by atoms with E-state index < -0.39 is 10.0 Å². The van der Waals surface area contributed by atoms with E-state index in [0.29, 0.717) is 50.6 Å². The molecule has 0 bridgehead atoms. The van der Waals surface area contributed by atoms with Crippen LogP contribution in [0.15, 0.2) is 57.9 Å². The molecule has 9 heteroatoms. The zero-order valence-electron chi connectivity index (χ0n) is 16.2. The van der Waals surface area contributed by atoms with Gasteiger partial charge in [-0.05, 0) is 42.5 Å². The molecule has 0 aliphatic carbocycles. The molecule has 1 N–H and O–H groups in total. The van der Waals surface area contributed by atoms with Crippen molar-refractivity contribution < 1.29 is 17.9 Å². The number of rotatable bonds is 7. The summed E-state index contributed by atoms with van der Waals surface area (Å²) in [5.41, 5.74) is 0.606. The van der Waals surface area contributed by atoms with Gasteiger partial charge < -0.3 is 10.1 Å². The van der Waals surface area contributed by atoms with Crippen molar-refractivity contribution in [1.82, 2.24) is 14.5 Å². The average Bonchev–Trinajstić information content (AvgIpc) is 2.74. The fourth-order valence-corrected chi connectivity index (χ4v) is 4.97. The fourth-order valence-electron chi connectivity index (χ4n) is 3.15. The third-order valence-corrected chi connectivity index (χ3v) is 7.23. The number of hydrogen-bond donors (Lipinski definition) is 1. The van der Waals surface area contributed by atoms with Crippen LogP contribution in [-0.2, 0) is 10.0 Å². The second-order valence-electron chi connectivity index (χ2n) is 6.69. The van der Waals surface area contributed by atoms with Crippen LogP contribution in [0.4, 0.5) is 0 Å². The molecule has 0 radical (unpaired) electrons. The van der Waals surface area contributed by atoms with Crippen molar-refractivity contribution in [1.29, 1.82) is 0 Å². The van der Waals surface area contributed by atoms with Crippen molar-refractivity contribution >= 4 is 31.9 Å². The van der Waals surface area contributed by atoms with Crippen molar-refractivity contribution in [3.05, 3.63) is 58.6 Å². The van der Waals surface area contributed by atoms with Gasteiger partial charge in [0.2, 0.25) is 10.0 Å². The summed E-state index contributed by atoms with van der Waals surface area (Å²) in [4.78, 5) is 14.6. The number of hydrogen-bond acceptors (Lipinski definition) is 5. The monoisotopic (exact) mass is 481 g/mol. The number of benzene rings is 2. The first-order chi connectivity index (χ1) is 13.9. The quantitative estimate of drug-likeness (QED) is 0.655. The van der Waals surface area contributed by atoms with Gasteiger partial charge in [0.25, 0.3) is 5.91 Å². The third-order valence-electron chi connectivity index (χ3n) is 4.83. The normalized spacial score (nSPS) is 15.8. The van der Waals surface area contributed by atoms with Gasteiger partial charge in [0.15, 0.2) is 0 Å². The fraction of sp³-hybridized carbons (Fsp3) is 0.350. The van der Waals surface area contributed by atoms with Gasteiger partial charge in [-0.3, -0.25) is 9.69 Å². The van der Waals surface area contributed by atoms with Crippen LogP contribution in [0.3, 0.4) is 0 Å². The van der Waals surface area contributed by atoms with Crippen molar-refractivity contribution in [3.63, 3.8) is 0 Å². The van der Waals surface area contributed by atoms with E-state index in [0.717, 1.165) is 4.47 Å². The second kappa shape index (κ2) is 9.71. The van der Waals surface area contributed by atoms with Crippen LogP contribution < -0.4 is 10.1 Å². The molecular formula is C20H24BrN3O4S. The molecule has 1 aliphatic rings. The molecule has 156 valence electrons. The molecule has 0 spiro atoms. The van der Waals surface area contributed by atoms with E-state index in [-0.39, 0.29) is 10.8 Å². The number of amides is 1. The molecule has 0 saturated carbocycles. The predicted octanol–water partition coefficient (Wildman–Crippen LogP) is 2.19. The minimum atomic E-state index is -3.51.